The molecule has 2 N–H and O–H groups in total. The molecule has 0 spiro atoms. The lowest BCUT2D eigenvalue weighted by Crippen LogP contribution is -2.42. The van der Waals surface area contributed by atoms with Crippen LogP contribution in [0.1, 0.15) is 29.8 Å². The second-order valence-electron chi connectivity index (χ2n) is 6.61. The van der Waals surface area contributed by atoms with Crippen LogP contribution in [0.15, 0.2) is 48.5 Å². The molecule has 4 amide bonds. The molecule has 0 radical (unpaired) electrons. The van der Waals surface area contributed by atoms with Crippen molar-refractivity contribution in [3.8, 4) is 0 Å². The molecule has 0 aromatic heterocycles. The van der Waals surface area contributed by atoms with Crippen molar-refractivity contribution in [1.29, 1.82) is 0 Å². The molecule has 0 saturated carbocycles. The van der Waals surface area contributed by atoms with Gasteiger partial charge in [-0.25, -0.2) is 4.79 Å². The molecule has 2 aromatic rings. The maximum absolute atomic E-state index is 12.9. The van der Waals surface area contributed by atoms with E-state index in [1.54, 1.807) is 49.4 Å². The number of ketones is 1. The predicted molar refractivity (Wildman–Crippen MR) is 104 cm³/mol. The molecular weight excluding hydrogens is 382 g/mol. The molecule has 3 rings (SSSR count). The average Bonchev–Trinajstić information content (AvgIpc) is 2.86. The number of anilines is 1. The molecular formula is C20H18ClN3O4. The summed E-state index contributed by atoms with van der Waals surface area (Å²) in [5, 5.41) is 5.54. The maximum Gasteiger partial charge on any atom is 0.325 e. The van der Waals surface area contributed by atoms with E-state index in [4.69, 9.17) is 11.6 Å². The number of amides is 4. The highest BCUT2D eigenvalue weighted by molar-refractivity contribution is 6.32. The fraction of sp³-hybridized carbons (Fsp3) is 0.200. The largest absolute Gasteiger partial charge is 0.325 e. The number of hydrogen-bond acceptors (Lipinski definition) is 4. The monoisotopic (exact) mass is 399 g/mol. The van der Waals surface area contributed by atoms with E-state index in [2.05, 4.69) is 10.6 Å². The van der Waals surface area contributed by atoms with Gasteiger partial charge < -0.3 is 10.6 Å². The number of rotatable bonds is 5. The summed E-state index contributed by atoms with van der Waals surface area (Å²) >= 11 is 6.18. The number of Topliss-reactive ketones (excluding diaryl/α,β-unsaturated/α-hetero) is 1. The van der Waals surface area contributed by atoms with E-state index in [0.717, 1.165) is 4.90 Å². The number of imide groups is 1. The molecule has 0 unspecified atom stereocenters. The second-order valence-corrected chi connectivity index (χ2v) is 7.02. The standard InChI is InChI=1S/C20H18ClN3O4/c1-12(25)13-6-5-7-14(10-13)22-17(26)11-24-18(27)20(2,23-19(24)28)15-8-3-4-9-16(15)21/h3-10H,11H2,1-2H3,(H,22,26)(H,23,28)/t20-/m0/s1. The lowest BCUT2D eigenvalue weighted by molar-refractivity contribution is -0.133. The molecule has 1 aliphatic heterocycles. The molecule has 28 heavy (non-hydrogen) atoms. The summed E-state index contributed by atoms with van der Waals surface area (Å²) in [6.45, 7) is 2.50. The van der Waals surface area contributed by atoms with E-state index >= 15 is 0 Å². The van der Waals surface area contributed by atoms with Crippen LogP contribution in [-0.4, -0.2) is 35.1 Å². The van der Waals surface area contributed by atoms with Crippen LogP contribution in [0.3, 0.4) is 0 Å². The van der Waals surface area contributed by atoms with Crippen molar-refractivity contribution in [1.82, 2.24) is 10.2 Å². The Labute approximate surface area is 166 Å². The van der Waals surface area contributed by atoms with Gasteiger partial charge in [0.05, 0.1) is 0 Å². The zero-order valence-electron chi connectivity index (χ0n) is 15.3. The van der Waals surface area contributed by atoms with Gasteiger partial charge in [0, 0.05) is 21.8 Å². The number of halogens is 1. The molecule has 0 aliphatic carbocycles. The third kappa shape index (κ3) is 3.61. The van der Waals surface area contributed by atoms with Crippen LogP contribution in [0, 0.1) is 0 Å². The summed E-state index contributed by atoms with van der Waals surface area (Å²) in [5.74, 6) is -1.27. The van der Waals surface area contributed by atoms with E-state index in [9.17, 15) is 19.2 Å². The second kappa shape index (κ2) is 7.44. The summed E-state index contributed by atoms with van der Waals surface area (Å²) in [7, 11) is 0. The van der Waals surface area contributed by atoms with Crippen LogP contribution in [0.2, 0.25) is 5.02 Å². The molecule has 1 aliphatic rings. The van der Waals surface area contributed by atoms with Gasteiger partial charge in [-0.15, -0.1) is 0 Å². The van der Waals surface area contributed by atoms with Crippen molar-refractivity contribution in [2.45, 2.75) is 19.4 Å². The Hall–Kier alpha value is -3.19. The molecule has 0 bridgehead atoms. The van der Waals surface area contributed by atoms with Crippen molar-refractivity contribution < 1.29 is 19.2 Å². The van der Waals surface area contributed by atoms with Crippen LogP contribution < -0.4 is 10.6 Å². The molecule has 8 heteroatoms. The van der Waals surface area contributed by atoms with Crippen LogP contribution in [-0.2, 0) is 15.1 Å². The molecule has 1 heterocycles. The predicted octanol–water partition coefficient (Wildman–Crippen LogP) is 2.95. The Morgan fingerprint density at radius 3 is 2.54 bits per heavy atom. The Morgan fingerprint density at radius 1 is 1.14 bits per heavy atom. The number of nitrogens with one attached hydrogen (secondary N) is 2. The molecule has 1 saturated heterocycles. The van der Waals surface area contributed by atoms with E-state index in [0.29, 0.717) is 21.8 Å². The van der Waals surface area contributed by atoms with Gasteiger partial charge >= 0.3 is 6.03 Å². The van der Waals surface area contributed by atoms with Crippen molar-refractivity contribution in [2.24, 2.45) is 0 Å². The van der Waals surface area contributed by atoms with E-state index in [1.807, 2.05) is 0 Å². The molecule has 2 aromatic carbocycles. The lowest BCUT2D eigenvalue weighted by atomic mass is 9.92. The Kier molecular flexibility index (Phi) is 5.20. The van der Waals surface area contributed by atoms with Crippen molar-refractivity contribution in [3.63, 3.8) is 0 Å². The van der Waals surface area contributed by atoms with Crippen LogP contribution in [0.5, 0.6) is 0 Å². The zero-order valence-corrected chi connectivity index (χ0v) is 16.0. The van der Waals surface area contributed by atoms with Gasteiger partial charge in [-0.1, -0.05) is 41.9 Å². The van der Waals surface area contributed by atoms with Gasteiger partial charge in [0.2, 0.25) is 5.91 Å². The average molecular weight is 400 g/mol. The maximum atomic E-state index is 12.9. The third-order valence-corrected chi connectivity index (χ3v) is 4.87. The highest BCUT2D eigenvalue weighted by atomic mass is 35.5. The zero-order chi connectivity index (χ0) is 20.5. The molecule has 144 valence electrons. The summed E-state index contributed by atoms with van der Waals surface area (Å²) in [6.07, 6.45) is 0. The first-order valence-electron chi connectivity index (χ1n) is 8.52. The quantitative estimate of drug-likeness (QED) is 0.596. The number of carbonyl (C=O) groups is 4. The number of benzene rings is 2. The summed E-state index contributed by atoms with van der Waals surface area (Å²) < 4.78 is 0. The minimum atomic E-state index is -1.36. The van der Waals surface area contributed by atoms with Crippen LogP contribution in [0.25, 0.3) is 0 Å². The molecule has 1 atom stereocenters. The highest BCUT2D eigenvalue weighted by Crippen LogP contribution is 2.33. The molecule has 1 fully saturated rings. The minimum Gasteiger partial charge on any atom is -0.325 e. The summed E-state index contributed by atoms with van der Waals surface area (Å²) in [5.41, 5.74) is -0.0608. The Morgan fingerprint density at radius 2 is 1.86 bits per heavy atom. The number of hydrogen-bond donors (Lipinski definition) is 2. The highest BCUT2D eigenvalue weighted by Gasteiger charge is 2.50. The fourth-order valence-corrected chi connectivity index (χ4v) is 3.37. The van der Waals surface area contributed by atoms with E-state index in [-0.39, 0.29) is 5.78 Å². The van der Waals surface area contributed by atoms with Gasteiger partial charge in [-0.2, -0.15) is 0 Å². The first-order valence-corrected chi connectivity index (χ1v) is 8.90. The number of nitrogens with zero attached hydrogens (tertiary/aromatic N) is 1. The van der Waals surface area contributed by atoms with E-state index in [1.165, 1.54) is 13.0 Å². The smallest absolute Gasteiger partial charge is 0.325 e. The van der Waals surface area contributed by atoms with Gasteiger partial charge in [0.15, 0.2) is 5.78 Å². The van der Waals surface area contributed by atoms with Crippen LogP contribution >= 0.6 is 11.6 Å². The van der Waals surface area contributed by atoms with Gasteiger partial charge in [-0.3, -0.25) is 19.3 Å². The van der Waals surface area contributed by atoms with Crippen molar-refractivity contribution >= 4 is 40.9 Å². The van der Waals surface area contributed by atoms with E-state index < -0.39 is 29.9 Å². The normalized spacial score (nSPS) is 18.8. The Bertz CT molecular complexity index is 991. The summed E-state index contributed by atoms with van der Waals surface area (Å²) in [6, 6.07) is 12.4. The van der Waals surface area contributed by atoms with Gasteiger partial charge in [-0.05, 0) is 32.0 Å². The Balaban J connectivity index is 1.76. The van der Waals surface area contributed by atoms with Crippen molar-refractivity contribution in [2.75, 3.05) is 11.9 Å². The third-order valence-electron chi connectivity index (χ3n) is 4.54. The lowest BCUT2D eigenvalue weighted by Gasteiger charge is -2.23. The fourth-order valence-electron chi connectivity index (χ4n) is 3.05. The SMILES string of the molecule is CC(=O)c1cccc(NC(=O)CN2C(=O)N[C@@](C)(c3ccccc3Cl)C2=O)c1. The minimum absolute atomic E-state index is 0.138. The first kappa shape index (κ1) is 19.6. The van der Waals surface area contributed by atoms with Gasteiger partial charge in [0.1, 0.15) is 12.1 Å². The van der Waals surface area contributed by atoms with Crippen molar-refractivity contribution in [3.05, 3.63) is 64.7 Å². The first-order chi connectivity index (χ1) is 13.2. The number of urea groups is 1. The molecule has 7 nitrogen and oxygen atoms in total. The topological polar surface area (TPSA) is 95.6 Å². The summed E-state index contributed by atoms with van der Waals surface area (Å²) in [4.78, 5) is 49.9. The van der Waals surface area contributed by atoms with Gasteiger partial charge in [0.25, 0.3) is 5.91 Å². The number of carbonyl (C=O) groups excluding carboxylic acids is 4. The van der Waals surface area contributed by atoms with Crippen LogP contribution in [0.4, 0.5) is 10.5 Å².